The molecule has 3 N–H and O–H groups in total. The number of hydrogen-bond donors (Lipinski definition) is 2. The zero-order chi connectivity index (χ0) is 13.7. The van der Waals surface area contributed by atoms with E-state index in [9.17, 15) is 4.79 Å². The highest BCUT2D eigenvalue weighted by molar-refractivity contribution is 5.75. The van der Waals surface area contributed by atoms with Crippen LogP contribution in [-0.2, 0) is 4.79 Å². The molecule has 0 radical (unpaired) electrons. The van der Waals surface area contributed by atoms with Gasteiger partial charge in [0, 0.05) is 19.1 Å². The normalized spacial score (nSPS) is 29.7. The third kappa shape index (κ3) is 4.77. The Labute approximate surface area is 117 Å². The van der Waals surface area contributed by atoms with Gasteiger partial charge in [-0.15, -0.1) is 0 Å². The lowest BCUT2D eigenvalue weighted by Crippen LogP contribution is -2.51. The first kappa shape index (κ1) is 14.8. The summed E-state index contributed by atoms with van der Waals surface area (Å²) in [7, 11) is 0. The fourth-order valence-electron chi connectivity index (χ4n) is 3.64. The fraction of sp³-hybridized carbons (Fsp3) is 0.933. The zero-order valence-electron chi connectivity index (χ0n) is 12.2. The number of carbonyl (C=O) groups is 1. The Balaban J connectivity index is 1.78. The van der Waals surface area contributed by atoms with E-state index in [1.807, 2.05) is 0 Å². The summed E-state index contributed by atoms with van der Waals surface area (Å²) < 4.78 is 0. The molecule has 1 saturated carbocycles. The van der Waals surface area contributed by atoms with E-state index < -0.39 is 0 Å². The molecule has 0 aromatic carbocycles. The summed E-state index contributed by atoms with van der Waals surface area (Å²) in [4.78, 5) is 13.3. The highest BCUT2D eigenvalue weighted by Crippen LogP contribution is 2.25. The lowest BCUT2D eigenvalue weighted by molar-refractivity contribution is -0.119. The molecule has 19 heavy (non-hydrogen) atoms. The minimum atomic E-state index is -0.203. The minimum absolute atomic E-state index is 0.203. The van der Waals surface area contributed by atoms with Crippen LogP contribution in [0.1, 0.15) is 45.4 Å². The topological polar surface area (TPSA) is 58.4 Å². The van der Waals surface area contributed by atoms with Gasteiger partial charge in [-0.25, -0.2) is 0 Å². The van der Waals surface area contributed by atoms with Crippen LogP contribution in [0.5, 0.6) is 0 Å². The van der Waals surface area contributed by atoms with Gasteiger partial charge in [0.05, 0.1) is 6.54 Å². The van der Waals surface area contributed by atoms with Crippen LogP contribution in [0.3, 0.4) is 0 Å². The molecule has 4 heteroatoms. The Morgan fingerprint density at radius 2 is 2.00 bits per heavy atom. The molecule has 1 saturated heterocycles. The number of carbonyl (C=O) groups excluding carboxylic acids is 1. The third-order valence-electron chi connectivity index (χ3n) is 4.74. The van der Waals surface area contributed by atoms with E-state index in [1.165, 1.54) is 38.5 Å². The molecular formula is C15H29N3O. The van der Waals surface area contributed by atoms with E-state index >= 15 is 0 Å². The maximum Gasteiger partial charge on any atom is 0.231 e. The van der Waals surface area contributed by atoms with Crippen LogP contribution < -0.4 is 11.1 Å². The maximum atomic E-state index is 11.1. The standard InChI is InChI=1S/C15H29N3O/c1-2-12-7-14(10-18(9-12)11-15(16)19)17-8-13-5-3-4-6-13/h12-14,17H,2-11H2,1H3,(H2,16,19). The van der Waals surface area contributed by atoms with Crippen molar-refractivity contribution in [1.82, 2.24) is 10.2 Å². The van der Waals surface area contributed by atoms with Crippen molar-refractivity contribution in [1.29, 1.82) is 0 Å². The van der Waals surface area contributed by atoms with E-state index in [2.05, 4.69) is 17.1 Å². The summed E-state index contributed by atoms with van der Waals surface area (Å²) in [6.45, 7) is 5.82. The van der Waals surface area contributed by atoms with Crippen molar-refractivity contribution in [3.8, 4) is 0 Å². The molecule has 4 nitrogen and oxygen atoms in total. The summed E-state index contributed by atoms with van der Waals surface area (Å²) >= 11 is 0. The van der Waals surface area contributed by atoms with Crippen LogP contribution in [-0.4, -0.2) is 43.0 Å². The average Bonchev–Trinajstić information content (AvgIpc) is 2.88. The SMILES string of the molecule is CCC1CC(NCC2CCCC2)CN(CC(N)=O)C1. The molecule has 2 unspecified atom stereocenters. The molecule has 1 amide bonds. The van der Waals surface area contributed by atoms with E-state index in [0.29, 0.717) is 18.5 Å². The largest absolute Gasteiger partial charge is 0.369 e. The molecule has 2 fully saturated rings. The Morgan fingerprint density at radius 3 is 2.63 bits per heavy atom. The fourth-order valence-corrected chi connectivity index (χ4v) is 3.64. The van der Waals surface area contributed by atoms with E-state index in [4.69, 9.17) is 5.73 Å². The van der Waals surface area contributed by atoms with Crippen LogP contribution in [0.15, 0.2) is 0 Å². The minimum Gasteiger partial charge on any atom is -0.369 e. The van der Waals surface area contributed by atoms with Crippen LogP contribution in [0.25, 0.3) is 0 Å². The van der Waals surface area contributed by atoms with Crippen LogP contribution in [0.4, 0.5) is 0 Å². The molecule has 0 spiro atoms. The number of nitrogens with one attached hydrogen (secondary N) is 1. The van der Waals surface area contributed by atoms with Gasteiger partial charge in [0.2, 0.25) is 5.91 Å². The first-order valence-corrected chi connectivity index (χ1v) is 7.91. The number of amides is 1. The summed E-state index contributed by atoms with van der Waals surface area (Å²) in [6.07, 6.45) is 8.03. The highest BCUT2D eigenvalue weighted by atomic mass is 16.1. The Hall–Kier alpha value is -0.610. The van der Waals surface area contributed by atoms with Crippen molar-refractivity contribution in [2.45, 2.75) is 51.5 Å². The van der Waals surface area contributed by atoms with Crippen molar-refractivity contribution in [3.05, 3.63) is 0 Å². The molecule has 2 rings (SSSR count). The molecule has 110 valence electrons. The highest BCUT2D eigenvalue weighted by Gasteiger charge is 2.27. The van der Waals surface area contributed by atoms with Crippen molar-refractivity contribution in [2.24, 2.45) is 17.6 Å². The van der Waals surface area contributed by atoms with E-state index in [0.717, 1.165) is 25.6 Å². The predicted molar refractivity (Wildman–Crippen MR) is 77.8 cm³/mol. The van der Waals surface area contributed by atoms with Crippen LogP contribution in [0.2, 0.25) is 0 Å². The van der Waals surface area contributed by atoms with Gasteiger partial charge in [0.1, 0.15) is 0 Å². The lowest BCUT2D eigenvalue weighted by atomic mass is 9.91. The van der Waals surface area contributed by atoms with Gasteiger partial charge >= 0.3 is 0 Å². The van der Waals surface area contributed by atoms with E-state index in [-0.39, 0.29) is 5.91 Å². The molecule has 0 aromatic rings. The van der Waals surface area contributed by atoms with Gasteiger partial charge in [-0.2, -0.15) is 0 Å². The smallest absolute Gasteiger partial charge is 0.231 e. The quantitative estimate of drug-likeness (QED) is 0.764. The second-order valence-corrected chi connectivity index (χ2v) is 6.43. The van der Waals surface area contributed by atoms with Gasteiger partial charge in [0.15, 0.2) is 0 Å². The Kier molecular flexibility index (Phi) is 5.64. The molecule has 2 aliphatic rings. The summed E-state index contributed by atoms with van der Waals surface area (Å²) in [5.74, 6) is 1.38. The van der Waals surface area contributed by atoms with E-state index in [1.54, 1.807) is 0 Å². The molecule has 0 aromatic heterocycles. The monoisotopic (exact) mass is 267 g/mol. The van der Waals surface area contributed by atoms with Gasteiger partial charge in [0.25, 0.3) is 0 Å². The summed E-state index contributed by atoms with van der Waals surface area (Å²) in [5, 5.41) is 3.74. The van der Waals surface area contributed by atoms with Gasteiger partial charge in [-0.3, -0.25) is 9.69 Å². The number of piperidine rings is 1. The van der Waals surface area contributed by atoms with Gasteiger partial charge in [-0.1, -0.05) is 26.2 Å². The van der Waals surface area contributed by atoms with Gasteiger partial charge < -0.3 is 11.1 Å². The first-order chi connectivity index (χ1) is 9.17. The molecule has 1 aliphatic heterocycles. The molecule has 1 heterocycles. The van der Waals surface area contributed by atoms with Crippen molar-refractivity contribution in [2.75, 3.05) is 26.2 Å². The van der Waals surface area contributed by atoms with Crippen molar-refractivity contribution >= 4 is 5.91 Å². The molecule has 1 aliphatic carbocycles. The van der Waals surface area contributed by atoms with Crippen LogP contribution in [0, 0.1) is 11.8 Å². The zero-order valence-corrected chi connectivity index (χ0v) is 12.2. The average molecular weight is 267 g/mol. The maximum absolute atomic E-state index is 11.1. The Morgan fingerprint density at radius 1 is 1.26 bits per heavy atom. The van der Waals surface area contributed by atoms with Crippen LogP contribution >= 0.6 is 0 Å². The number of nitrogens with two attached hydrogens (primary N) is 1. The summed E-state index contributed by atoms with van der Waals surface area (Å²) in [6, 6.07) is 0.540. The summed E-state index contributed by atoms with van der Waals surface area (Å²) in [5.41, 5.74) is 5.33. The van der Waals surface area contributed by atoms with Crippen molar-refractivity contribution < 1.29 is 4.79 Å². The lowest BCUT2D eigenvalue weighted by Gasteiger charge is -2.37. The number of likely N-dealkylation sites (tertiary alicyclic amines) is 1. The number of primary amides is 1. The number of hydrogen-bond acceptors (Lipinski definition) is 3. The third-order valence-corrected chi connectivity index (χ3v) is 4.74. The molecular weight excluding hydrogens is 238 g/mol. The second kappa shape index (κ2) is 7.25. The second-order valence-electron chi connectivity index (χ2n) is 6.43. The Bertz CT molecular complexity index is 289. The number of rotatable bonds is 6. The number of nitrogens with zero attached hydrogens (tertiary/aromatic N) is 1. The van der Waals surface area contributed by atoms with Crippen molar-refractivity contribution in [3.63, 3.8) is 0 Å². The van der Waals surface area contributed by atoms with Gasteiger partial charge in [-0.05, 0) is 37.6 Å². The first-order valence-electron chi connectivity index (χ1n) is 7.91. The predicted octanol–water partition coefficient (Wildman–Crippen LogP) is 1.35. The molecule has 2 atom stereocenters. The molecule has 0 bridgehead atoms.